The zero-order valence-corrected chi connectivity index (χ0v) is 13.2. The largest absolute Gasteiger partial charge is 0.393 e. The number of halogens is 1. The van der Waals surface area contributed by atoms with Crippen molar-refractivity contribution in [2.24, 2.45) is 0 Å². The van der Waals surface area contributed by atoms with Crippen molar-refractivity contribution in [1.29, 1.82) is 0 Å². The third-order valence-corrected chi connectivity index (χ3v) is 3.54. The lowest BCUT2D eigenvalue weighted by atomic mass is 10.0. The molecule has 0 fully saturated rings. The van der Waals surface area contributed by atoms with Gasteiger partial charge in [0, 0.05) is 6.54 Å². The molecule has 0 heterocycles. The Kier molecular flexibility index (Phi) is 6.62. The van der Waals surface area contributed by atoms with E-state index in [1.807, 2.05) is 13.8 Å². The summed E-state index contributed by atoms with van der Waals surface area (Å²) in [4.78, 5) is 11.8. The maximum atomic E-state index is 13.6. The fourth-order valence-corrected chi connectivity index (χ4v) is 2.12. The number of benzene rings is 1. The van der Waals surface area contributed by atoms with Gasteiger partial charge in [-0.1, -0.05) is 19.1 Å². The zero-order chi connectivity index (χ0) is 16.0. The lowest BCUT2D eigenvalue weighted by molar-refractivity contribution is 0.160. The van der Waals surface area contributed by atoms with Crippen LogP contribution < -0.4 is 10.6 Å². The molecule has 3 N–H and O–H groups in total. The summed E-state index contributed by atoms with van der Waals surface area (Å²) in [7, 11) is 0. The topological polar surface area (TPSA) is 61.4 Å². The smallest absolute Gasteiger partial charge is 0.315 e. The Labute approximate surface area is 125 Å². The number of aliphatic hydroxyl groups excluding tert-OH is 1. The third kappa shape index (κ3) is 5.34. The summed E-state index contributed by atoms with van der Waals surface area (Å²) in [6, 6.07) is 2.99. The lowest BCUT2D eigenvalue weighted by Gasteiger charge is -2.17. The van der Waals surface area contributed by atoms with E-state index in [9.17, 15) is 14.3 Å². The van der Waals surface area contributed by atoms with Crippen LogP contribution in [0.2, 0.25) is 0 Å². The van der Waals surface area contributed by atoms with Crippen molar-refractivity contribution in [2.45, 2.75) is 52.7 Å². The van der Waals surface area contributed by atoms with Gasteiger partial charge in [0.1, 0.15) is 5.82 Å². The van der Waals surface area contributed by atoms with Gasteiger partial charge in [0.25, 0.3) is 0 Å². The van der Waals surface area contributed by atoms with Gasteiger partial charge in [-0.3, -0.25) is 0 Å². The predicted molar refractivity (Wildman–Crippen MR) is 81.7 cm³/mol. The van der Waals surface area contributed by atoms with E-state index in [4.69, 9.17) is 0 Å². The number of nitrogens with one attached hydrogen (secondary N) is 2. The van der Waals surface area contributed by atoms with Crippen LogP contribution in [-0.4, -0.2) is 23.8 Å². The molecule has 2 unspecified atom stereocenters. The number of aliphatic hydroxyl groups is 1. The first-order valence-corrected chi connectivity index (χ1v) is 7.34. The number of amides is 2. The standard InChI is InChI=1S/C16H25FN2O2/c1-5-14(20)6-7-18-16(21)19-12(4)13-8-10(2)15(17)11(3)9-13/h8-9,12,14,20H,5-7H2,1-4H3,(H2,18,19,21). The first kappa shape index (κ1) is 17.4. The minimum Gasteiger partial charge on any atom is -0.393 e. The molecule has 2 amide bonds. The molecule has 21 heavy (non-hydrogen) atoms. The predicted octanol–water partition coefficient (Wildman–Crippen LogP) is 2.96. The van der Waals surface area contributed by atoms with Crippen molar-refractivity contribution in [3.63, 3.8) is 0 Å². The van der Waals surface area contributed by atoms with Crippen molar-refractivity contribution in [3.8, 4) is 0 Å². The van der Waals surface area contributed by atoms with Crippen molar-refractivity contribution in [1.82, 2.24) is 10.6 Å². The van der Waals surface area contributed by atoms with Crippen molar-refractivity contribution in [3.05, 3.63) is 34.6 Å². The molecule has 0 aliphatic rings. The molecule has 0 saturated carbocycles. The van der Waals surface area contributed by atoms with E-state index in [1.165, 1.54) is 0 Å². The quantitative estimate of drug-likeness (QED) is 0.756. The Hall–Kier alpha value is -1.62. The molecule has 1 rings (SSSR count). The first-order valence-electron chi connectivity index (χ1n) is 7.34. The number of carbonyl (C=O) groups excluding carboxylic acids is 1. The number of urea groups is 1. The van der Waals surface area contributed by atoms with E-state index < -0.39 is 0 Å². The number of hydrogen-bond acceptors (Lipinski definition) is 2. The summed E-state index contributed by atoms with van der Waals surface area (Å²) in [5.74, 6) is -0.205. The fraction of sp³-hybridized carbons (Fsp3) is 0.562. The van der Waals surface area contributed by atoms with E-state index in [-0.39, 0.29) is 24.0 Å². The van der Waals surface area contributed by atoms with E-state index >= 15 is 0 Å². The van der Waals surface area contributed by atoms with Gasteiger partial charge in [-0.15, -0.1) is 0 Å². The minimum absolute atomic E-state index is 0.205. The average Bonchev–Trinajstić information content (AvgIpc) is 2.43. The minimum atomic E-state index is -0.384. The monoisotopic (exact) mass is 296 g/mol. The highest BCUT2D eigenvalue weighted by Gasteiger charge is 2.12. The molecule has 0 aromatic heterocycles. The lowest BCUT2D eigenvalue weighted by Crippen LogP contribution is -2.38. The third-order valence-electron chi connectivity index (χ3n) is 3.54. The van der Waals surface area contributed by atoms with Crippen molar-refractivity contribution >= 4 is 6.03 Å². The SMILES string of the molecule is CCC(O)CCNC(=O)NC(C)c1cc(C)c(F)c(C)c1. The Balaban J connectivity index is 2.53. The van der Waals surface area contributed by atoms with Crippen molar-refractivity contribution in [2.75, 3.05) is 6.54 Å². The number of aryl methyl sites for hydroxylation is 2. The molecule has 2 atom stereocenters. The van der Waals surface area contributed by atoms with E-state index in [1.54, 1.807) is 26.0 Å². The van der Waals surface area contributed by atoms with Crippen LogP contribution in [0.15, 0.2) is 12.1 Å². The van der Waals surface area contributed by atoms with E-state index in [0.717, 1.165) is 5.56 Å². The molecule has 5 heteroatoms. The highest BCUT2D eigenvalue weighted by Crippen LogP contribution is 2.19. The molecule has 0 radical (unpaired) electrons. The van der Waals surface area contributed by atoms with Crippen LogP contribution >= 0.6 is 0 Å². The summed E-state index contributed by atoms with van der Waals surface area (Å²) in [6.45, 7) is 7.60. The zero-order valence-electron chi connectivity index (χ0n) is 13.2. The fourth-order valence-electron chi connectivity index (χ4n) is 2.12. The van der Waals surface area contributed by atoms with Gasteiger partial charge >= 0.3 is 6.03 Å². The Morgan fingerprint density at radius 1 is 1.33 bits per heavy atom. The van der Waals surface area contributed by atoms with E-state index in [2.05, 4.69) is 10.6 Å². The van der Waals surface area contributed by atoms with Gasteiger partial charge in [0.15, 0.2) is 0 Å². The number of rotatable bonds is 6. The second-order valence-electron chi connectivity index (χ2n) is 5.44. The van der Waals surface area contributed by atoms with Gasteiger partial charge in [-0.2, -0.15) is 0 Å². The second-order valence-corrected chi connectivity index (χ2v) is 5.44. The second kappa shape index (κ2) is 7.98. The van der Waals surface area contributed by atoms with Gasteiger partial charge in [-0.25, -0.2) is 9.18 Å². The molecular weight excluding hydrogens is 271 g/mol. The Bertz CT molecular complexity index is 468. The molecule has 0 bridgehead atoms. The van der Waals surface area contributed by atoms with Gasteiger partial charge in [0.2, 0.25) is 0 Å². The Morgan fingerprint density at radius 2 is 1.90 bits per heavy atom. The van der Waals surface area contributed by atoms with Crippen LogP contribution in [0, 0.1) is 19.7 Å². The Morgan fingerprint density at radius 3 is 2.43 bits per heavy atom. The molecular formula is C16H25FN2O2. The number of hydrogen-bond donors (Lipinski definition) is 3. The normalized spacial score (nSPS) is 13.6. The van der Waals surface area contributed by atoms with Crippen LogP contribution in [0.5, 0.6) is 0 Å². The van der Waals surface area contributed by atoms with E-state index in [0.29, 0.717) is 30.5 Å². The molecule has 118 valence electrons. The van der Waals surface area contributed by atoms with Gasteiger partial charge < -0.3 is 15.7 Å². The summed E-state index contributed by atoms with van der Waals surface area (Å²) >= 11 is 0. The van der Waals surface area contributed by atoms with Crippen LogP contribution in [-0.2, 0) is 0 Å². The first-order chi connectivity index (χ1) is 9.85. The molecule has 1 aromatic carbocycles. The van der Waals surface area contributed by atoms with Crippen LogP contribution in [0.25, 0.3) is 0 Å². The van der Waals surface area contributed by atoms with Crippen LogP contribution in [0.4, 0.5) is 9.18 Å². The summed E-state index contributed by atoms with van der Waals surface area (Å²) in [6.07, 6.45) is 0.825. The molecule has 0 aliphatic heterocycles. The molecule has 0 saturated heterocycles. The highest BCUT2D eigenvalue weighted by atomic mass is 19.1. The van der Waals surface area contributed by atoms with Gasteiger partial charge in [-0.05, 0) is 50.3 Å². The molecule has 4 nitrogen and oxygen atoms in total. The average molecular weight is 296 g/mol. The summed E-state index contributed by atoms with van der Waals surface area (Å²) in [5.41, 5.74) is 2.02. The maximum Gasteiger partial charge on any atom is 0.315 e. The highest BCUT2D eigenvalue weighted by molar-refractivity contribution is 5.74. The number of carbonyl (C=O) groups is 1. The summed E-state index contributed by atoms with van der Waals surface area (Å²) < 4.78 is 13.6. The maximum absolute atomic E-state index is 13.6. The summed E-state index contributed by atoms with van der Waals surface area (Å²) in [5, 5.41) is 14.9. The molecule has 1 aromatic rings. The van der Waals surface area contributed by atoms with Gasteiger partial charge in [0.05, 0.1) is 12.1 Å². The van der Waals surface area contributed by atoms with Crippen LogP contribution in [0.1, 0.15) is 49.4 Å². The van der Waals surface area contributed by atoms with Crippen molar-refractivity contribution < 1.29 is 14.3 Å². The molecule has 0 aliphatic carbocycles. The molecule has 0 spiro atoms. The van der Waals surface area contributed by atoms with Crippen LogP contribution in [0.3, 0.4) is 0 Å².